The number of allylic oxidation sites excluding steroid dienone is 5. The fourth-order valence-corrected chi connectivity index (χ4v) is 5.35. The van der Waals surface area contributed by atoms with Crippen LogP contribution in [0.5, 0.6) is 0 Å². The lowest BCUT2D eigenvalue weighted by molar-refractivity contribution is 0.770. The third kappa shape index (κ3) is 2.15. The van der Waals surface area contributed by atoms with Crippen LogP contribution in [0.2, 0.25) is 0 Å². The second-order valence-corrected chi connectivity index (χ2v) is 8.15. The van der Waals surface area contributed by atoms with Crippen molar-refractivity contribution in [2.24, 2.45) is 0 Å². The van der Waals surface area contributed by atoms with E-state index in [1.54, 1.807) is 0 Å². The molecule has 0 fully saturated rings. The Morgan fingerprint density at radius 1 is 0.759 bits per heavy atom. The molecule has 1 atom stereocenters. The molecule has 0 amide bonds. The third-order valence-corrected chi connectivity index (χ3v) is 6.68. The predicted molar refractivity (Wildman–Crippen MR) is 125 cm³/mol. The topological polar surface area (TPSA) is 0 Å². The highest BCUT2D eigenvalue weighted by Crippen LogP contribution is 2.63. The predicted octanol–water partition coefficient (Wildman–Crippen LogP) is 7.36. The van der Waals surface area contributed by atoms with Gasteiger partial charge in [0.1, 0.15) is 0 Å². The van der Waals surface area contributed by atoms with Gasteiger partial charge in [0.2, 0.25) is 0 Å². The zero-order valence-corrected chi connectivity index (χ0v) is 17.0. The van der Waals surface area contributed by atoms with Crippen molar-refractivity contribution in [1.82, 2.24) is 0 Å². The first-order chi connectivity index (χ1) is 14.0. The normalized spacial score (nSPS) is 19.7. The van der Waals surface area contributed by atoms with Crippen LogP contribution < -0.4 is 0 Å². The minimum Gasteiger partial charge on any atom is -0.0936 e. The van der Waals surface area contributed by atoms with Crippen molar-refractivity contribution in [3.63, 3.8) is 0 Å². The number of hydrogen-bond acceptors (Lipinski definition) is 0. The molecule has 1 spiro atoms. The number of hydrogen-bond donors (Lipinski definition) is 0. The lowest BCUT2D eigenvalue weighted by Crippen LogP contribution is -2.25. The van der Waals surface area contributed by atoms with Gasteiger partial charge in [0, 0.05) is 0 Å². The van der Waals surface area contributed by atoms with Crippen LogP contribution in [0.4, 0.5) is 0 Å². The van der Waals surface area contributed by atoms with E-state index in [0.717, 1.165) is 16.7 Å². The lowest BCUT2D eigenvalue weighted by Gasteiger charge is -2.31. The largest absolute Gasteiger partial charge is 0.0936 e. The zero-order valence-electron chi connectivity index (χ0n) is 17.0. The molecule has 2 aliphatic carbocycles. The van der Waals surface area contributed by atoms with Crippen molar-refractivity contribution in [2.75, 3.05) is 0 Å². The fourth-order valence-electron chi connectivity index (χ4n) is 5.35. The molecule has 0 saturated heterocycles. The third-order valence-electron chi connectivity index (χ3n) is 6.68. The van der Waals surface area contributed by atoms with E-state index in [1.807, 2.05) is 0 Å². The number of aryl methyl sites for hydroxylation is 1. The summed E-state index contributed by atoms with van der Waals surface area (Å²) in [5.41, 5.74) is 12.8. The molecule has 140 valence electrons. The molecule has 5 rings (SSSR count). The van der Waals surface area contributed by atoms with Gasteiger partial charge in [0.15, 0.2) is 0 Å². The van der Waals surface area contributed by atoms with Crippen molar-refractivity contribution in [3.05, 3.63) is 137 Å². The molecule has 3 aromatic rings. The van der Waals surface area contributed by atoms with E-state index in [2.05, 4.69) is 106 Å². The Morgan fingerprint density at radius 2 is 1.38 bits per heavy atom. The molecule has 2 aliphatic rings. The first kappa shape index (κ1) is 17.7. The van der Waals surface area contributed by atoms with Crippen molar-refractivity contribution in [2.45, 2.75) is 19.3 Å². The van der Waals surface area contributed by atoms with Crippen LogP contribution in [-0.2, 0) is 5.41 Å². The minimum absolute atomic E-state index is 0.355. The van der Waals surface area contributed by atoms with Gasteiger partial charge in [-0.05, 0) is 69.5 Å². The molecule has 29 heavy (non-hydrogen) atoms. The maximum absolute atomic E-state index is 4.55. The van der Waals surface area contributed by atoms with Crippen LogP contribution >= 0.6 is 0 Å². The molecule has 0 radical (unpaired) electrons. The first-order valence-corrected chi connectivity index (χ1v) is 10.0. The van der Waals surface area contributed by atoms with Gasteiger partial charge in [-0.25, -0.2) is 0 Å². The highest BCUT2D eigenvalue weighted by atomic mass is 14.5. The summed E-state index contributed by atoms with van der Waals surface area (Å²) in [6.45, 7) is 17.9. The first-order valence-electron chi connectivity index (χ1n) is 10.0. The average molecular weight is 373 g/mol. The quantitative estimate of drug-likeness (QED) is 0.441. The van der Waals surface area contributed by atoms with Crippen LogP contribution in [0.1, 0.15) is 40.3 Å². The molecule has 1 unspecified atom stereocenters. The Morgan fingerprint density at radius 3 is 2.07 bits per heavy atom. The standard InChI is InChI=1S/C29H24/c1-18-11-10-12-23(17-18)20(3)28-22(5)29(27-16-9-7-14-25(27)28)21(4)19(2)24-13-6-8-15-26(24)29/h6-17H,2-4H2,1,5H3. The van der Waals surface area contributed by atoms with E-state index in [1.165, 1.54) is 44.5 Å². The summed E-state index contributed by atoms with van der Waals surface area (Å²) in [7, 11) is 0. The zero-order chi connectivity index (χ0) is 20.3. The fraction of sp³-hybridized carbons (Fsp3) is 0.103. The lowest BCUT2D eigenvalue weighted by atomic mass is 9.70. The number of rotatable bonds is 2. The Kier molecular flexibility index (Phi) is 3.70. The van der Waals surface area contributed by atoms with Gasteiger partial charge in [-0.15, -0.1) is 0 Å². The smallest absolute Gasteiger partial charge is 0.0680 e. The summed E-state index contributed by atoms with van der Waals surface area (Å²) < 4.78 is 0. The van der Waals surface area contributed by atoms with Gasteiger partial charge in [0.25, 0.3) is 0 Å². The maximum atomic E-state index is 4.55. The summed E-state index contributed by atoms with van der Waals surface area (Å²) in [6, 6.07) is 25.9. The Labute approximate surface area is 173 Å². The van der Waals surface area contributed by atoms with Crippen LogP contribution in [-0.4, -0.2) is 0 Å². The molecule has 0 saturated carbocycles. The highest BCUT2D eigenvalue weighted by molar-refractivity contribution is 6.11. The van der Waals surface area contributed by atoms with Crippen LogP contribution in [0.15, 0.2) is 104 Å². The van der Waals surface area contributed by atoms with E-state index in [0.29, 0.717) is 0 Å². The molecule has 0 heteroatoms. The van der Waals surface area contributed by atoms with Crippen LogP contribution in [0.3, 0.4) is 0 Å². The van der Waals surface area contributed by atoms with E-state index in [4.69, 9.17) is 0 Å². The van der Waals surface area contributed by atoms with Gasteiger partial charge in [-0.1, -0.05) is 98.1 Å². The van der Waals surface area contributed by atoms with E-state index in [-0.39, 0.29) is 5.41 Å². The second-order valence-electron chi connectivity index (χ2n) is 8.15. The molecule has 0 N–H and O–H groups in total. The summed E-state index contributed by atoms with van der Waals surface area (Å²) in [5.74, 6) is 0. The Balaban J connectivity index is 1.85. The summed E-state index contributed by atoms with van der Waals surface area (Å²) in [5, 5.41) is 0. The molecule has 0 bridgehead atoms. The number of benzene rings is 3. The van der Waals surface area contributed by atoms with Crippen LogP contribution in [0, 0.1) is 6.92 Å². The van der Waals surface area contributed by atoms with Gasteiger partial charge in [-0.2, -0.15) is 0 Å². The van der Waals surface area contributed by atoms with Crippen molar-refractivity contribution >= 4 is 16.7 Å². The van der Waals surface area contributed by atoms with Crippen molar-refractivity contribution < 1.29 is 0 Å². The summed E-state index contributed by atoms with van der Waals surface area (Å²) >= 11 is 0. The molecule has 3 aromatic carbocycles. The maximum Gasteiger partial charge on any atom is 0.0680 e. The van der Waals surface area contributed by atoms with Gasteiger partial charge in [0.05, 0.1) is 5.41 Å². The van der Waals surface area contributed by atoms with E-state index in [9.17, 15) is 0 Å². The average Bonchev–Trinajstić information content (AvgIpc) is 3.13. The minimum atomic E-state index is -0.355. The molecule has 0 aliphatic heterocycles. The van der Waals surface area contributed by atoms with Gasteiger partial charge in [-0.3, -0.25) is 0 Å². The number of fused-ring (bicyclic) bond motifs is 4. The monoisotopic (exact) mass is 372 g/mol. The Bertz CT molecular complexity index is 1260. The molecular weight excluding hydrogens is 348 g/mol. The molecule has 0 nitrogen and oxygen atoms in total. The van der Waals surface area contributed by atoms with Crippen LogP contribution in [0.25, 0.3) is 16.7 Å². The summed E-state index contributed by atoms with van der Waals surface area (Å²) in [4.78, 5) is 0. The second kappa shape index (κ2) is 6.06. The van der Waals surface area contributed by atoms with Crippen molar-refractivity contribution in [3.8, 4) is 0 Å². The molecule has 0 heterocycles. The van der Waals surface area contributed by atoms with Crippen molar-refractivity contribution in [1.29, 1.82) is 0 Å². The van der Waals surface area contributed by atoms with E-state index < -0.39 is 0 Å². The van der Waals surface area contributed by atoms with Gasteiger partial charge < -0.3 is 0 Å². The highest BCUT2D eigenvalue weighted by Gasteiger charge is 2.52. The summed E-state index contributed by atoms with van der Waals surface area (Å²) in [6.07, 6.45) is 0. The Hall–Kier alpha value is -3.38. The van der Waals surface area contributed by atoms with Gasteiger partial charge >= 0.3 is 0 Å². The van der Waals surface area contributed by atoms with E-state index >= 15 is 0 Å². The molecular formula is C29H24. The molecule has 0 aromatic heterocycles. The SMILES string of the molecule is C=C(C1=C(C)C2(C(=C)C(=C)c3ccccc32)c2ccccc21)c1cccc(C)c1.